The highest BCUT2D eigenvalue weighted by Crippen LogP contribution is 2.44. The molecule has 0 unspecified atom stereocenters. The molecule has 1 amide bonds. The molecule has 0 atom stereocenters. The van der Waals surface area contributed by atoms with Gasteiger partial charge in [-0.2, -0.15) is 0 Å². The van der Waals surface area contributed by atoms with Crippen molar-refractivity contribution in [1.82, 2.24) is 19.4 Å². The van der Waals surface area contributed by atoms with E-state index in [1.165, 1.54) is 11.3 Å². The Labute approximate surface area is 193 Å². The number of ether oxygens (including phenoxy) is 2. The Hall–Kier alpha value is -2.87. The summed E-state index contributed by atoms with van der Waals surface area (Å²) in [5.74, 6) is 1.76. The molecular weight excluding hydrogens is 424 g/mol. The van der Waals surface area contributed by atoms with Gasteiger partial charge >= 0.3 is 0 Å². The minimum absolute atomic E-state index is 0.00833. The normalized spacial score (nSPS) is 13.0. The molecule has 0 saturated heterocycles. The number of aromatic nitrogens is 3. The van der Waals surface area contributed by atoms with Crippen LogP contribution in [-0.2, 0) is 13.0 Å². The number of fused-ring (bicyclic) bond motifs is 3. The number of hydrogen-bond donors (Lipinski definition) is 0. The van der Waals surface area contributed by atoms with E-state index in [4.69, 9.17) is 14.5 Å². The van der Waals surface area contributed by atoms with E-state index in [2.05, 4.69) is 4.98 Å². The third-order valence-electron chi connectivity index (χ3n) is 5.75. The van der Waals surface area contributed by atoms with Crippen molar-refractivity contribution in [2.75, 3.05) is 14.2 Å². The molecule has 0 radical (unpaired) electrons. The molecule has 0 N–H and O–H groups in total. The fraction of sp³-hybridized carbons (Fsp3) is 0.458. The minimum Gasteiger partial charge on any atom is -0.493 e. The third-order valence-corrected chi connectivity index (χ3v) is 6.53. The zero-order chi connectivity index (χ0) is 23.2. The molecule has 0 aliphatic carbocycles. The fourth-order valence-electron chi connectivity index (χ4n) is 3.83. The molecule has 3 aromatic rings. The molecule has 1 aliphatic heterocycles. The number of thiazole rings is 1. The summed E-state index contributed by atoms with van der Waals surface area (Å²) in [4.78, 5) is 25.3. The van der Waals surface area contributed by atoms with Crippen LogP contribution in [0.1, 0.15) is 50.8 Å². The van der Waals surface area contributed by atoms with Gasteiger partial charge in [0.2, 0.25) is 0 Å². The number of rotatable bonds is 5. The van der Waals surface area contributed by atoms with Crippen molar-refractivity contribution in [1.29, 1.82) is 0 Å². The molecule has 0 spiro atoms. The number of methoxy groups -OCH3 is 1. The Morgan fingerprint density at radius 2 is 2.00 bits per heavy atom. The molecule has 1 aliphatic rings. The first kappa shape index (κ1) is 22.3. The highest BCUT2D eigenvalue weighted by atomic mass is 32.1. The molecule has 2 aromatic heterocycles. The summed E-state index contributed by atoms with van der Waals surface area (Å²) in [5.41, 5.74) is 5.35. The lowest BCUT2D eigenvalue weighted by Gasteiger charge is -2.32. The van der Waals surface area contributed by atoms with E-state index in [0.29, 0.717) is 23.9 Å². The maximum absolute atomic E-state index is 13.5. The molecule has 4 rings (SSSR count). The first-order chi connectivity index (χ1) is 15.1. The monoisotopic (exact) mass is 454 g/mol. The van der Waals surface area contributed by atoms with Gasteiger partial charge in [-0.15, -0.1) is 11.3 Å². The SMILES string of the molecule is COc1cc2c(cc1OC(C)C)-c1c(-c3cncs3)nc(C(=O)N(C)C(C)(C)C)n1CC2. The van der Waals surface area contributed by atoms with Crippen LogP contribution in [0.15, 0.2) is 23.8 Å². The molecule has 0 fully saturated rings. The predicted molar refractivity (Wildman–Crippen MR) is 127 cm³/mol. The molecule has 7 nitrogen and oxygen atoms in total. The van der Waals surface area contributed by atoms with Crippen LogP contribution in [0.2, 0.25) is 0 Å². The Kier molecular flexibility index (Phi) is 5.75. The van der Waals surface area contributed by atoms with Crippen LogP contribution in [-0.4, -0.2) is 51.1 Å². The standard InChI is InChI=1S/C24H30N4O3S/c1-14(2)31-18-11-16-15(10-17(18)30-7)8-9-28-21(16)20(19-12-25-13-32-19)26-22(28)23(29)27(6)24(3,4)5/h10-14H,8-9H2,1-7H3. The molecule has 32 heavy (non-hydrogen) atoms. The van der Waals surface area contributed by atoms with Crippen LogP contribution >= 0.6 is 11.3 Å². The van der Waals surface area contributed by atoms with Gasteiger partial charge in [-0.3, -0.25) is 9.78 Å². The van der Waals surface area contributed by atoms with Gasteiger partial charge in [-0.25, -0.2) is 4.98 Å². The maximum Gasteiger partial charge on any atom is 0.290 e. The maximum atomic E-state index is 13.5. The topological polar surface area (TPSA) is 69.5 Å². The van der Waals surface area contributed by atoms with Crippen LogP contribution in [0, 0.1) is 0 Å². The number of amides is 1. The summed E-state index contributed by atoms with van der Waals surface area (Å²) in [6, 6.07) is 4.07. The van der Waals surface area contributed by atoms with Crippen molar-refractivity contribution >= 4 is 17.2 Å². The van der Waals surface area contributed by atoms with Crippen LogP contribution in [0.25, 0.3) is 21.8 Å². The number of nitrogens with zero attached hydrogens (tertiary/aromatic N) is 4. The van der Waals surface area contributed by atoms with Gasteiger partial charge in [-0.05, 0) is 58.7 Å². The van der Waals surface area contributed by atoms with E-state index < -0.39 is 0 Å². The number of benzene rings is 1. The summed E-state index contributed by atoms with van der Waals surface area (Å²) < 4.78 is 13.7. The second kappa shape index (κ2) is 8.24. The van der Waals surface area contributed by atoms with Crippen molar-refractivity contribution in [2.45, 2.75) is 59.2 Å². The molecule has 8 heteroatoms. The zero-order valence-corrected chi connectivity index (χ0v) is 20.5. The van der Waals surface area contributed by atoms with Gasteiger partial charge in [-0.1, -0.05) is 0 Å². The molecule has 170 valence electrons. The summed E-state index contributed by atoms with van der Waals surface area (Å²) >= 11 is 1.52. The summed E-state index contributed by atoms with van der Waals surface area (Å²) in [7, 11) is 3.48. The van der Waals surface area contributed by atoms with E-state index in [1.807, 2.05) is 58.4 Å². The van der Waals surface area contributed by atoms with Crippen LogP contribution in [0.3, 0.4) is 0 Å². The first-order valence-electron chi connectivity index (χ1n) is 10.8. The molecule has 1 aromatic carbocycles. The summed E-state index contributed by atoms with van der Waals surface area (Å²) in [6.07, 6.45) is 2.59. The first-order valence-corrected chi connectivity index (χ1v) is 11.6. The summed E-state index contributed by atoms with van der Waals surface area (Å²) in [5, 5.41) is 0. The highest BCUT2D eigenvalue weighted by molar-refractivity contribution is 7.13. The van der Waals surface area contributed by atoms with Gasteiger partial charge in [0.25, 0.3) is 5.91 Å². The van der Waals surface area contributed by atoms with Gasteiger partial charge in [0.05, 0.1) is 29.3 Å². The Morgan fingerprint density at radius 3 is 2.59 bits per heavy atom. The number of hydrogen-bond acceptors (Lipinski definition) is 6. The van der Waals surface area contributed by atoms with Crippen LogP contribution in [0.4, 0.5) is 0 Å². The predicted octanol–water partition coefficient (Wildman–Crippen LogP) is 4.90. The van der Waals surface area contributed by atoms with Gasteiger partial charge in [0.15, 0.2) is 17.3 Å². The van der Waals surface area contributed by atoms with Crippen LogP contribution < -0.4 is 9.47 Å². The molecular formula is C24H30N4O3S. The van der Waals surface area contributed by atoms with E-state index in [0.717, 1.165) is 33.8 Å². The van der Waals surface area contributed by atoms with Gasteiger partial charge < -0.3 is 18.9 Å². The van der Waals surface area contributed by atoms with Gasteiger partial charge in [0.1, 0.15) is 5.69 Å². The second-order valence-corrected chi connectivity index (χ2v) is 10.1. The zero-order valence-electron chi connectivity index (χ0n) is 19.7. The second-order valence-electron chi connectivity index (χ2n) is 9.26. The fourth-order valence-corrected chi connectivity index (χ4v) is 4.44. The lowest BCUT2D eigenvalue weighted by molar-refractivity contribution is 0.0638. The third kappa shape index (κ3) is 3.88. The van der Waals surface area contributed by atoms with Crippen molar-refractivity contribution in [3.05, 3.63) is 35.2 Å². The van der Waals surface area contributed by atoms with Crippen molar-refractivity contribution < 1.29 is 14.3 Å². The van der Waals surface area contributed by atoms with Crippen LogP contribution in [0.5, 0.6) is 11.5 Å². The molecule has 0 bridgehead atoms. The van der Waals surface area contributed by atoms with E-state index >= 15 is 0 Å². The largest absolute Gasteiger partial charge is 0.493 e. The minimum atomic E-state index is -0.313. The van der Waals surface area contributed by atoms with E-state index in [9.17, 15) is 4.79 Å². The number of carbonyl (C=O) groups excluding carboxylic acids is 1. The lowest BCUT2D eigenvalue weighted by atomic mass is 9.96. The molecule has 3 heterocycles. The van der Waals surface area contributed by atoms with Crippen molar-refractivity contribution in [3.8, 4) is 33.3 Å². The Bertz CT molecular complexity index is 1140. The molecule has 0 saturated carbocycles. The lowest BCUT2D eigenvalue weighted by Crippen LogP contribution is -2.43. The van der Waals surface area contributed by atoms with Gasteiger partial charge in [0, 0.05) is 30.9 Å². The average Bonchev–Trinajstić information content (AvgIpc) is 3.38. The summed E-state index contributed by atoms with van der Waals surface area (Å²) in [6.45, 7) is 10.7. The van der Waals surface area contributed by atoms with E-state index in [-0.39, 0.29) is 17.6 Å². The Balaban J connectivity index is 1.94. The highest BCUT2D eigenvalue weighted by Gasteiger charge is 2.33. The van der Waals surface area contributed by atoms with Crippen molar-refractivity contribution in [3.63, 3.8) is 0 Å². The smallest absolute Gasteiger partial charge is 0.290 e. The number of carbonyl (C=O) groups is 1. The Morgan fingerprint density at radius 1 is 1.25 bits per heavy atom. The quantitative estimate of drug-likeness (QED) is 0.549. The number of imidazole rings is 1. The number of aryl methyl sites for hydroxylation is 1. The van der Waals surface area contributed by atoms with E-state index in [1.54, 1.807) is 23.7 Å². The average molecular weight is 455 g/mol. The van der Waals surface area contributed by atoms with Crippen molar-refractivity contribution in [2.24, 2.45) is 0 Å².